The molecule has 0 bridgehead atoms. The Morgan fingerprint density at radius 2 is 1.43 bits per heavy atom. The molecule has 0 saturated heterocycles. The molecule has 1 heterocycles. The van der Waals surface area contributed by atoms with Crippen LogP contribution < -0.4 is 20.1 Å². The van der Waals surface area contributed by atoms with Crippen molar-refractivity contribution in [2.75, 3.05) is 5.32 Å². The molecule has 0 aromatic heterocycles. The molecule has 150 valence electrons. The van der Waals surface area contributed by atoms with Crippen molar-refractivity contribution in [2.45, 2.75) is 32.9 Å². The Balaban J connectivity index is 1.88. The van der Waals surface area contributed by atoms with Gasteiger partial charge in [0.25, 0.3) is 0 Å². The Hall–Kier alpha value is -2.32. The van der Waals surface area contributed by atoms with E-state index in [-0.39, 0.29) is 21.5 Å². The second-order valence-corrected chi connectivity index (χ2v) is 7.20. The van der Waals surface area contributed by atoms with Gasteiger partial charge >= 0.3 is 18.1 Å². The number of rotatable bonds is 2. The normalized spacial score (nSPS) is 14.7. The summed E-state index contributed by atoms with van der Waals surface area (Å²) in [5, 5.41) is 4.11. The molecule has 2 amide bonds. The zero-order valence-corrected chi connectivity index (χ0v) is 16.4. The highest BCUT2D eigenvalue weighted by Gasteiger charge is 2.66. The number of fused-ring (bicyclic) bond motifs is 1. The monoisotopic (exact) mass is 434 g/mol. The van der Waals surface area contributed by atoms with Crippen molar-refractivity contribution in [3.8, 4) is 11.5 Å². The standard InChI is InChI=1S/C18H15Cl2F3N2O3/c1-8-4-9(2)15(10(3)5-8)24-16(26)25-18(17(21,22)23)27-13-6-11(19)12(20)7-14(13)28-18/h4-7H,1-3H3,(H2,24,25,26). The lowest BCUT2D eigenvalue weighted by Gasteiger charge is -2.29. The van der Waals surface area contributed by atoms with Gasteiger partial charge in [-0.15, -0.1) is 0 Å². The minimum atomic E-state index is -5.10. The molecule has 2 N–H and O–H groups in total. The second kappa shape index (κ2) is 6.93. The zero-order chi connectivity index (χ0) is 20.9. The minimum absolute atomic E-state index is 0.0163. The summed E-state index contributed by atoms with van der Waals surface area (Å²) in [5.41, 5.74) is 2.74. The van der Waals surface area contributed by atoms with E-state index in [1.165, 1.54) is 0 Å². The number of benzene rings is 2. The van der Waals surface area contributed by atoms with Gasteiger partial charge < -0.3 is 14.8 Å². The van der Waals surface area contributed by atoms with Crippen molar-refractivity contribution in [1.29, 1.82) is 0 Å². The number of halogens is 5. The van der Waals surface area contributed by atoms with Crippen LogP contribution in [0.3, 0.4) is 0 Å². The maximum Gasteiger partial charge on any atom is 0.492 e. The summed E-state index contributed by atoms with van der Waals surface area (Å²) in [6.45, 7) is 5.34. The van der Waals surface area contributed by atoms with E-state index < -0.39 is 18.1 Å². The number of carbonyl (C=O) groups excluding carboxylic acids is 1. The van der Waals surface area contributed by atoms with Crippen molar-refractivity contribution < 1.29 is 27.4 Å². The quantitative estimate of drug-likeness (QED) is 0.634. The summed E-state index contributed by atoms with van der Waals surface area (Å²) >= 11 is 11.6. The molecular formula is C18H15Cl2F3N2O3. The van der Waals surface area contributed by atoms with Gasteiger partial charge in [0.15, 0.2) is 11.5 Å². The predicted octanol–water partition coefficient (Wildman–Crippen LogP) is 5.73. The van der Waals surface area contributed by atoms with Crippen LogP contribution in [0.1, 0.15) is 16.7 Å². The van der Waals surface area contributed by atoms with Crippen LogP contribution in [0.5, 0.6) is 11.5 Å². The Morgan fingerprint density at radius 3 is 1.86 bits per heavy atom. The summed E-state index contributed by atoms with van der Waals surface area (Å²) in [6, 6.07) is 4.60. The Kier molecular flexibility index (Phi) is 5.05. The first kappa shape index (κ1) is 20.4. The number of nitrogens with one attached hydrogen (secondary N) is 2. The predicted molar refractivity (Wildman–Crippen MR) is 99.3 cm³/mol. The minimum Gasteiger partial charge on any atom is -0.424 e. The van der Waals surface area contributed by atoms with Gasteiger partial charge in [-0.1, -0.05) is 40.9 Å². The molecule has 0 radical (unpaired) electrons. The first-order valence-corrected chi connectivity index (χ1v) is 8.78. The summed E-state index contributed by atoms with van der Waals surface area (Å²) in [7, 11) is 0. The first-order valence-electron chi connectivity index (χ1n) is 8.02. The number of hydrogen-bond donors (Lipinski definition) is 2. The number of ether oxygens (including phenoxy) is 2. The van der Waals surface area contributed by atoms with Crippen molar-refractivity contribution >= 4 is 34.9 Å². The highest BCUT2D eigenvalue weighted by atomic mass is 35.5. The van der Waals surface area contributed by atoms with E-state index >= 15 is 0 Å². The van der Waals surface area contributed by atoms with E-state index in [2.05, 4.69) is 5.32 Å². The van der Waals surface area contributed by atoms with Crippen LogP contribution in [0.2, 0.25) is 10.0 Å². The first-order chi connectivity index (χ1) is 12.9. The fourth-order valence-corrected chi connectivity index (χ4v) is 3.22. The maximum atomic E-state index is 13.7. The van der Waals surface area contributed by atoms with Gasteiger partial charge in [-0.05, 0) is 31.9 Å². The van der Waals surface area contributed by atoms with Crippen LogP contribution in [-0.2, 0) is 0 Å². The number of anilines is 1. The molecule has 0 fully saturated rings. The number of hydrogen-bond acceptors (Lipinski definition) is 3. The average molecular weight is 435 g/mol. The number of alkyl halides is 3. The lowest BCUT2D eigenvalue weighted by Crippen LogP contribution is -2.65. The maximum absolute atomic E-state index is 13.7. The molecule has 0 atom stereocenters. The number of carbonyl (C=O) groups is 1. The molecule has 0 unspecified atom stereocenters. The zero-order valence-electron chi connectivity index (χ0n) is 14.9. The van der Waals surface area contributed by atoms with Gasteiger partial charge in [-0.3, -0.25) is 5.32 Å². The van der Waals surface area contributed by atoms with E-state index in [9.17, 15) is 18.0 Å². The summed E-state index contributed by atoms with van der Waals surface area (Å²) in [4.78, 5) is 12.4. The molecule has 1 aliphatic heterocycles. The van der Waals surface area contributed by atoms with Crippen LogP contribution in [0.25, 0.3) is 0 Å². The summed E-state index contributed by atoms with van der Waals surface area (Å²) in [6.07, 6.45) is -5.10. The van der Waals surface area contributed by atoms with E-state index in [1.807, 2.05) is 6.92 Å². The molecule has 0 aliphatic carbocycles. The lowest BCUT2D eigenvalue weighted by molar-refractivity contribution is -0.317. The fraction of sp³-hybridized carbons (Fsp3) is 0.278. The summed E-state index contributed by atoms with van der Waals surface area (Å²) < 4.78 is 51.0. The number of aryl methyl sites for hydroxylation is 3. The van der Waals surface area contributed by atoms with E-state index in [1.54, 1.807) is 31.3 Å². The van der Waals surface area contributed by atoms with Crippen molar-refractivity contribution in [3.05, 3.63) is 51.0 Å². The third-order valence-electron chi connectivity index (χ3n) is 4.06. The highest BCUT2D eigenvalue weighted by Crippen LogP contribution is 2.48. The Morgan fingerprint density at radius 1 is 0.964 bits per heavy atom. The van der Waals surface area contributed by atoms with Gasteiger partial charge in [0.05, 0.1) is 10.0 Å². The molecule has 5 nitrogen and oxygen atoms in total. The second-order valence-electron chi connectivity index (χ2n) is 6.38. The molecule has 1 aliphatic rings. The molecule has 3 rings (SSSR count). The molecule has 0 spiro atoms. The van der Waals surface area contributed by atoms with Crippen LogP contribution in [0.4, 0.5) is 23.7 Å². The smallest absolute Gasteiger partial charge is 0.424 e. The van der Waals surface area contributed by atoms with Gasteiger partial charge in [0.1, 0.15) is 0 Å². The van der Waals surface area contributed by atoms with Crippen molar-refractivity contribution in [3.63, 3.8) is 0 Å². The molecule has 10 heteroatoms. The molecule has 2 aromatic rings. The topological polar surface area (TPSA) is 59.6 Å². The van der Waals surface area contributed by atoms with Gasteiger partial charge in [0, 0.05) is 17.8 Å². The Bertz CT molecular complexity index is 910. The number of urea groups is 1. The third kappa shape index (κ3) is 3.66. The SMILES string of the molecule is Cc1cc(C)c(NC(=O)NC2(C(F)(F)F)Oc3cc(Cl)c(Cl)cc3O2)c(C)c1. The lowest BCUT2D eigenvalue weighted by atomic mass is 10.1. The van der Waals surface area contributed by atoms with E-state index in [0.717, 1.165) is 17.7 Å². The molecular weight excluding hydrogens is 420 g/mol. The molecule has 0 saturated carbocycles. The van der Waals surface area contributed by atoms with Crippen molar-refractivity contribution in [2.24, 2.45) is 0 Å². The fourth-order valence-electron chi connectivity index (χ4n) is 2.91. The van der Waals surface area contributed by atoms with Crippen LogP contribution in [-0.4, -0.2) is 18.1 Å². The van der Waals surface area contributed by atoms with Gasteiger partial charge in [0.2, 0.25) is 0 Å². The van der Waals surface area contributed by atoms with E-state index in [0.29, 0.717) is 16.8 Å². The van der Waals surface area contributed by atoms with E-state index in [4.69, 9.17) is 32.7 Å². The van der Waals surface area contributed by atoms with Crippen LogP contribution in [0.15, 0.2) is 24.3 Å². The highest BCUT2D eigenvalue weighted by molar-refractivity contribution is 6.42. The summed E-state index contributed by atoms with van der Waals surface area (Å²) in [5.74, 6) is -4.01. The van der Waals surface area contributed by atoms with Crippen LogP contribution in [0, 0.1) is 20.8 Å². The van der Waals surface area contributed by atoms with Gasteiger partial charge in [-0.2, -0.15) is 13.2 Å². The average Bonchev–Trinajstić information content (AvgIpc) is 2.89. The molecule has 2 aromatic carbocycles. The van der Waals surface area contributed by atoms with Gasteiger partial charge in [-0.25, -0.2) is 4.79 Å². The number of amides is 2. The van der Waals surface area contributed by atoms with Crippen LogP contribution >= 0.6 is 23.2 Å². The Labute approximate surface area is 168 Å². The molecule has 28 heavy (non-hydrogen) atoms. The largest absolute Gasteiger partial charge is 0.492 e. The van der Waals surface area contributed by atoms with Crippen molar-refractivity contribution in [1.82, 2.24) is 5.32 Å². The third-order valence-corrected chi connectivity index (χ3v) is 4.78.